The van der Waals surface area contributed by atoms with Crippen LogP contribution in [0.15, 0.2) is 0 Å². The summed E-state index contributed by atoms with van der Waals surface area (Å²) >= 11 is 0. The monoisotopic (exact) mass is 190 g/mol. The first-order chi connectivity index (χ1) is 2.64. The third-order valence-electron chi connectivity index (χ3n) is 0.357. The smallest absolute Gasteiger partial charge is 0.332 e. The fraction of sp³-hybridized carbons (Fsp3) is 0.667. The average molecular weight is 190 g/mol. The fourth-order valence-electron chi connectivity index (χ4n) is 0. The SMILES string of the molecule is CC(O)C(=O)O.N.N.O.[Ti]. The van der Waals surface area contributed by atoms with Crippen LogP contribution >= 0.6 is 0 Å². The molecule has 0 aromatic rings. The molecule has 0 spiro atoms. The molecule has 1 unspecified atom stereocenters. The number of carboxylic acid groups (broad SMARTS) is 1. The summed E-state index contributed by atoms with van der Waals surface area (Å²) < 4.78 is 0. The van der Waals surface area contributed by atoms with Crippen LogP contribution in [0.5, 0.6) is 0 Å². The maximum absolute atomic E-state index is 9.45. The number of aliphatic hydroxyl groups excluding tert-OH is 1. The first kappa shape index (κ1) is 32.3. The topological polar surface area (TPSA) is 159 Å². The quantitative estimate of drug-likeness (QED) is 0.387. The molecule has 0 heterocycles. The molecular formula is C3H14N2O4Ti. The average Bonchev–Trinajstić information content (AvgIpc) is 1.36. The molecule has 0 radical (unpaired) electrons. The van der Waals surface area contributed by atoms with Gasteiger partial charge in [-0.2, -0.15) is 0 Å². The van der Waals surface area contributed by atoms with Crippen LogP contribution in [0.2, 0.25) is 0 Å². The van der Waals surface area contributed by atoms with Gasteiger partial charge in [0.25, 0.3) is 0 Å². The predicted molar refractivity (Wildman–Crippen MR) is 33.0 cm³/mol. The zero-order valence-electron chi connectivity index (χ0n) is 5.79. The summed E-state index contributed by atoms with van der Waals surface area (Å²) in [5.41, 5.74) is 0. The molecule has 0 saturated carbocycles. The van der Waals surface area contributed by atoms with E-state index in [1.54, 1.807) is 0 Å². The number of aliphatic carboxylic acids is 1. The summed E-state index contributed by atoms with van der Waals surface area (Å²) in [6, 6.07) is 0. The van der Waals surface area contributed by atoms with Gasteiger partial charge in [0.2, 0.25) is 0 Å². The zero-order chi connectivity index (χ0) is 5.15. The van der Waals surface area contributed by atoms with E-state index < -0.39 is 12.1 Å². The molecule has 10 heavy (non-hydrogen) atoms. The summed E-state index contributed by atoms with van der Waals surface area (Å²) in [5.74, 6) is -1.19. The summed E-state index contributed by atoms with van der Waals surface area (Å²) in [7, 11) is 0. The molecule has 0 aromatic carbocycles. The number of hydrogen-bond donors (Lipinski definition) is 4. The van der Waals surface area contributed by atoms with Gasteiger partial charge < -0.3 is 28.0 Å². The van der Waals surface area contributed by atoms with Crippen LogP contribution in [0.1, 0.15) is 6.92 Å². The Morgan fingerprint density at radius 1 is 1.40 bits per heavy atom. The van der Waals surface area contributed by atoms with Crippen LogP contribution in [0.4, 0.5) is 0 Å². The van der Waals surface area contributed by atoms with Crippen molar-refractivity contribution in [3.05, 3.63) is 0 Å². The minimum atomic E-state index is -1.23. The molecule has 0 aliphatic carbocycles. The van der Waals surface area contributed by atoms with E-state index in [0.29, 0.717) is 0 Å². The molecule has 64 valence electrons. The molecule has 1 atom stereocenters. The van der Waals surface area contributed by atoms with Crippen molar-refractivity contribution in [3.63, 3.8) is 0 Å². The fourth-order valence-corrected chi connectivity index (χ4v) is 0. The van der Waals surface area contributed by atoms with E-state index >= 15 is 0 Å². The van der Waals surface area contributed by atoms with Gasteiger partial charge in [0.1, 0.15) is 6.10 Å². The number of carbonyl (C=O) groups is 1. The van der Waals surface area contributed by atoms with Crippen LogP contribution in [-0.2, 0) is 26.5 Å². The predicted octanol–water partition coefficient (Wildman–Crippen LogP) is -1.05. The molecule has 0 saturated heterocycles. The van der Waals surface area contributed by atoms with Crippen LogP contribution in [0.25, 0.3) is 0 Å². The van der Waals surface area contributed by atoms with Gasteiger partial charge in [0.15, 0.2) is 0 Å². The number of hydrogen-bond acceptors (Lipinski definition) is 4. The van der Waals surface area contributed by atoms with Crippen molar-refractivity contribution in [2.45, 2.75) is 13.0 Å². The van der Waals surface area contributed by atoms with Gasteiger partial charge in [-0.1, -0.05) is 0 Å². The molecule has 0 rings (SSSR count). The molecule has 6 nitrogen and oxygen atoms in total. The van der Waals surface area contributed by atoms with Crippen molar-refractivity contribution in [2.24, 2.45) is 0 Å². The second-order valence-corrected chi connectivity index (χ2v) is 1.01. The first-order valence-corrected chi connectivity index (χ1v) is 1.55. The van der Waals surface area contributed by atoms with E-state index in [1.165, 1.54) is 6.92 Å². The molecule has 0 aliphatic rings. The van der Waals surface area contributed by atoms with E-state index in [9.17, 15) is 4.79 Å². The third-order valence-corrected chi connectivity index (χ3v) is 0.357. The van der Waals surface area contributed by atoms with Gasteiger partial charge in [-0.3, -0.25) is 0 Å². The van der Waals surface area contributed by atoms with Crippen molar-refractivity contribution < 1.29 is 42.2 Å². The molecule has 7 heteroatoms. The molecule has 0 fully saturated rings. The van der Waals surface area contributed by atoms with Gasteiger partial charge in [-0.15, -0.1) is 0 Å². The van der Waals surface area contributed by atoms with Gasteiger partial charge >= 0.3 is 5.97 Å². The van der Waals surface area contributed by atoms with Crippen LogP contribution in [-0.4, -0.2) is 27.8 Å². The summed E-state index contributed by atoms with van der Waals surface area (Å²) in [6.07, 6.45) is -1.23. The number of aliphatic hydroxyl groups is 1. The third kappa shape index (κ3) is 24.4. The van der Waals surface area contributed by atoms with Crippen LogP contribution < -0.4 is 12.3 Å². The standard InChI is InChI=1S/C3H6O3.2H3N.H2O.Ti/c1-2(4)3(5)6;;;;/h2,4H,1H3,(H,5,6);2*1H3;1H2;. The Hall–Kier alpha value is 0.0243. The van der Waals surface area contributed by atoms with E-state index in [-0.39, 0.29) is 39.5 Å². The Kier molecular flexibility index (Phi) is 51.8. The molecule has 0 bridgehead atoms. The maximum atomic E-state index is 9.45. The second-order valence-electron chi connectivity index (χ2n) is 1.01. The van der Waals surface area contributed by atoms with Crippen molar-refractivity contribution in [1.29, 1.82) is 0 Å². The van der Waals surface area contributed by atoms with Crippen molar-refractivity contribution >= 4 is 5.97 Å². The molecule has 10 N–H and O–H groups in total. The molecular weight excluding hydrogens is 176 g/mol. The van der Waals surface area contributed by atoms with E-state index in [2.05, 4.69) is 0 Å². The van der Waals surface area contributed by atoms with E-state index in [4.69, 9.17) is 10.2 Å². The van der Waals surface area contributed by atoms with Crippen LogP contribution in [0, 0.1) is 0 Å². The molecule has 0 amide bonds. The van der Waals surface area contributed by atoms with Gasteiger partial charge in [0.05, 0.1) is 0 Å². The Bertz CT molecular complexity index is 69.5. The van der Waals surface area contributed by atoms with Crippen molar-refractivity contribution in [1.82, 2.24) is 12.3 Å². The maximum Gasteiger partial charge on any atom is 0.332 e. The zero-order valence-corrected chi connectivity index (χ0v) is 7.36. The Balaban J connectivity index is -0.0000000208. The summed E-state index contributed by atoms with van der Waals surface area (Å²) in [4.78, 5) is 9.45. The van der Waals surface area contributed by atoms with Gasteiger partial charge in [0, 0.05) is 21.7 Å². The largest absolute Gasteiger partial charge is 0.479 e. The number of carboxylic acids is 1. The normalized spacial score (nSPS) is 8.20. The van der Waals surface area contributed by atoms with Crippen molar-refractivity contribution in [2.75, 3.05) is 0 Å². The van der Waals surface area contributed by atoms with E-state index in [0.717, 1.165) is 0 Å². The van der Waals surface area contributed by atoms with E-state index in [1.807, 2.05) is 0 Å². The van der Waals surface area contributed by atoms with Crippen LogP contribution in [0.3, 0.4) is 0 Å². The second kappa shape index (κ2) is 16.0. The molecule has 0 aromatic heterocycles. The van der Waals surface area contributed by atoms with Crippen molar-refractivity contribution in [3.8, 4) is 0 Å². The summed E-state index contributed by atoms with van der Waals surface area (Å²) in [6.45, 7) is 1.20. The Labute approximate surface area is 74.0 Å². The number of rotatable bonds is 1. The minimum absolute atomic E-state index is 0. The Morgan fingerprint density at radius 2 is 1.50 bits per heavy atom. The summed E-state index contributed by atoms with van der Waals surface area (Å²) in [5, 5.41) is 15.8. The molecule has 0 aliphatic heterocycles. The first-order valence-electron chi connectivity index (χ1n) is 1.55. The van der Waals surface area contributed by atoms with Gasteiger partial charge in [-0.25, -0.2) is 4.79 Å². The minimum Gasteiger partial charge on any atom is -0.479 e. The Morgan fingerprint density at radius 3 is 1.50 bits per heavy atom. The van der Waals surface area contributed by atoms with Gasteiger partial charge in [-0.05, 0) is 6.92 Å².